The van der Waals surface area contributed by atoms with E-state index in [-0.39, 0.29) is 17.6 Å². The first-order chi connectivity index (χ1) is 9.65. The van der Waals surface area contributed by atoms with Crippen LogP contribution in [0.25, 0.3) is 11.1 Å². The topological polar surface area (TPSA) is 84.2 Å². The van der Waals surface area contributed by atoms with E-state index in [0.29, 0.717) is 23.9 Å². The lowest BCUT2D eigenvalue weighted by molar-refractivity contribution is -0.120. The number of fused-ring (bicyclic) bond motifs is 1. The van der Waals surface area contributed by atoms with Crippen molar-refractivity contribution in [3.05, 3.63) is 24.3 Å². The van der Waals surface area contributed by atoms with E-state index >= 15 is 0 Å². The van der Waals surface area contributed by atoms with Gasteiger partial charge in [-0.1, -0.05) is 23.9 Å². The number of oxazole rings is 1. The summed E-state index contributed by atoms with van der Waals surface area (Å²) < 4.78 is 5.49. The highest BCUT2D eigenvalue weighted by Gasteiger charge is 2.08. The molecule has 1 aromatic heterocycles. The monoisotopic (exact) mass is 293 g/mol. The highest BCUT2D eigenvalue weighted by molar-refractivity contribution is 7.99. The Morgan fingerprint density at radius 1 is 1.25 bits per heavy atom. The minimum atomic E-state index is -0.123. The predicted octanol–water partition coefficient (Wildman–Crippen LogP) is 1.17. The van der Waals surface area contributed by atoms with Crippen LogP contribution in [-0.2, 0) is 9.59 Å². The lowest BCUT2D eigenvalue weighted by Gasteiger charge is -2.04. The van der Waals surface area contributed by atoms with Gasteiger partial charge in [0.2, 0.25) is 11.8 Å². The van der Waals surface area contributed by atoms with E-state index in [1.165, 1.54) is 18.7 Å². The molecule has 1 aromatic carbocycles. The molecular weight excluding hydrogens is 278 g/mol. The standard InChI is InChI=1S/C13H15N3O3S/c1-9(17)14-6-7-15-12(18)8-20-13-16-10-4-2-3-5-11(10)19-13/h2-5H,6-8H2,1H3,(H,14,17)(H,15,18). The highest BCUT2D eigenvalue weighted by Crippen LogP contribution is 2.22. The van der Waals surface area contributed by atoms with Crippen LogP contribution in [0.1, 0.15) is 6.92 Å². The Kier molecular flexibility index (Phi) is 5.00. The number of aromatic nitrogens is 1. The van der Waals surface area contributed by atoms with Gasteiger partial charge in [-0.25, -0.2) is 4.98 Å². The molecule has 2 rings (SSSR count). The molecule has 0 aliphatic carbocycles. The van der Waals surface area contributed by atoms with Crippen molar-refractivity contribution in [3.63, 3.8) is 0 Å². The molecule has 0 radical (unpaired) electrons. The number of carbonyl (C=O) groups is 2. The Morgan fingerprint density at radius 2 is 2.00 bits per heavy atom. The first kappa shape index (κ1) is 14.4. The van der Waals surface area contributed by atoms with Gasteiger partial charge in [0.15, 0.2) is 5.58 Å². The van der Waals surface area contributed by atoms with Gasteiger partial charge in [-0.05, 0) is 12.1 Å². The van der Waals surface area contributed by atoms with E-state index in [1.54, 1.807) is 0 Å². The van der Waals surface area contributed by atoms with Gasteiger partial charge >= 0.3 is 0 Å². The third-order valence-corrected chi connectivity index (χ3v) is 3.25. The maximum Gasteiger partial charge on any atom is 0.257 e. The Labute approximate surface area is 120 Å². The summed E-state index contributed by atoms with van der Waals surface area (Å²) in [5.74, 6) is -0.00454. The summed E-state index contributed by atoms with van der Waals surface area (Å²) in [5, 5.41) is 5.77. The van der Waals surface area contributed by atoms with Crippen molar-refractivity contribution in [3.8, 4) is 0 Å². The van der Waals surface area contributed by atoms with Crippen LogP contribution in [0.3, 0.4) is 0 Å². The average Bonchev–Trinajstić information content (AvgIpc) is 2.84. The van der Waals surface area contributed by atoms with E-state index in [2.05, 4.69) is 15.6 Å². The smallest absolute Gasteiger partial charge is 0.257 e. The number of para-hydroxylation sites is 2. The lowest BCUT2D eigenvalue weighted by atomic mass is 10.3. The fraction of sp³-hybridized carbons (Fsp3) is 0.308. The second-order valence-electron chi connectivity index (χ2n) is 4.07. The second kappa shape index (κ2) is 6.95. The first-order valence-corrected chi connectivity index (χ1v) is 7.13. The van der Waals surface area contributed by atoms with Crippen LogP contribution in [0.15, 0.2) is 33.9 Å². The van der Waals surface area contributed by atoms with Crippen molar-refractivity contribution in [2.24, 2.45) is 0 Å². The average molecular weight is 293 g/mol. The molecule has 0 saturated carbocycles. The molecule has 7 heteroatoms. The van der Waals surface area contributed by atoms with Crippen LogP contribution in [-0.4, -0.2) is 35.6 Å². The van der Waals surface area contributed by atoms with E-state index in [9.17, 15) is 9.59 Å². The third kappa shape index (κ3) is 4.27. The van der Waals surface area contributed by atoms with Crippen LogP contribution in [0.5, 0.6) is 0 Å². The zero-order valence-corrected chi connectivity index (χ0v) is 11.8. The number of rotatable bonds is 6. The predicted molar refractivity (Wildman–Crippen MR) is 76.4 cm³/mol. The first-order valence-electron chi connectivity index (χ1n) is 6.14. The second-order valence-corrected chi connectivity index (χ2v) is 5.00. The number of thioether (sulfide) groups is 1. The molecule has 6 nitrogen and oxygen atoms in total. The van der Waals surface area contributed by atoms with Crippen molar-refractivity contribution in [1.82, 2.24) is 15.6 Å². The van der Waals surface area contributed by atoms with Gasteiger partial charge in [0.25, 0.3) is 5.22 Å². The molecule has 0 bridgehead atoms. The van der Waals surface area contributed by atoms with Crippen LogP contribution in [0.2, 0.25) is 0 Å². The van der Waals surface area contributed by atoms with Crippen molar-refractivity contribution >= 4 is 34.7 Å². The zero-order valence-electron chi connectivity index (χ0n) is 11.0. The van der Waals surface area contributed by atoms with E-state index in [0.717, 1.165) is 5.52 Å². The largest absolute Gasteiger partial charge is 0.431 e. The lowest BCUT2D eigenvalue weighted by Crippen LogP contribution is -2.34. The summed E-state index contributed by atoms with van der Waals surface area (Å²) in [5.41, 5.74) is 1.49. The van der Waals surface area contributed by atoms with Gasteiger partial charge in [-0.15, -0.1) is 0 Å². The van der Waals surface area contributed by atoms with Crippen molar-refractivity contribution in [2.75, 3.05) is 18.8 Å². The normalized spacial score (nSPS) is 10.4. The summed E-state index contributed by atoms with van der Waals surface area (Å²) in [4.78, 5) is 26.5. The molecule has 0 aliphatic rings. The third-order valence-electron chi connectivity index (χ3n) is 2.42. The van der Waals surface area contributed by atoms with Gasteiger partial charge in [0.05, 0.1) is 5.75 Å². The summed E-state index contributed by atoms with van der Waals surface area (Å²) >= 11 is 1.24. The van der Waals surface area contributed by atoms with Crippen molar-refractivity contribution in [2.45, 2.75) is 12.1 Å². The molecule has 0 saturated heterocycles. The molecule has 0 spiro atoms. The molecule has 0 unspecified atom stereocenters. The van der Waals surface area contributed by atoms with Gasteiger partial charge in [-0.3, -0.25) is 9.59 Å². The molecule has 2 amide bonds. The summed E-state index contributed by atoms with van der Waals surface area (Å²) in [7, 11) is 0. The minimum absolute atomic E-state index is 0.111. The van der Waals surface area contributed by atoms with Gasteiger partial charge in [0.1, 0.15) is 5.52 Å². The Bertz CT molecular complexity index is 579. The summed E-state index contributed by atoms with van der Waals surface area (Å²) in [6.45, 7) is 2.27. The van der Waals surface area contributed by atoms with Crippen molar-refractivity contribution < 1.29 is 14.0 Å². The maximum absolute atomic E-state index is 11.6. The van der Waals surface area contributed by atoms with E-state index < -0.39 is 0 Å². The maximum atomic E-state index is 11.6. The molecule has 2 N–H and O–H groups in total. The fourth-order valence-electron chi connectivity index (χ4n) is 1.53. The van der Waals surface area contributed by atoms with E-state index in [1.807, 2.05) is 24.3 Å². The molecular formula is C13H15N3O3S. The number of hydrogen-bond donors (Lipinski definition) is 2. The quantitative estimate of drug-likeness (QED) is 0.617. The Morgan fingerprint density at radius 3 is 2.75 bits per heavy atom. The Hall–Kier alpha value is -2.02. The van der Waals surface area contributed by atoms with Crippen LogP contribution < -0.4 is 10.6 Å². The van der Waals surface area contributed by atoms with Crippen LogP contribution in [0.4, 0.5) is 0 Å². The van der Waals surface area contributed by atoms with Gasteiger partial charge in [-0.2, -0.15) is 0 Å². The molecule has 20 heavy (non-hydrogen) atoms. The van der Waals surface area contributed by atoms with Gasteiger partial charge in [0, 0.05) is 20.0 Å². The number of nitrogens with zero attached hydrogens (tertiary/aromatic N) is 1. The molecule has 1 heterocycles. The number of carbonyl (C=O) groups excluding carboxylic acids is 2. The number of hydrogen-bond acceptors (Lipinski definition) is 5. The van der Waals surface area contributed by atoms with Crippen LogP contribution in [0, 0.1) is 0 Å². The molecule has 0 atom stereocenters. The van der Waals surface area contributed by atoms with Crippen molar-refractivity contribution in [1.29, 1.82) is 0 Å². The summed E-state index contributed by atoms with van der Waals surface area (Å²) in [6, 6.07) is 7.45. The highest BCUT2D eigenvalue weighted by atomic mass is 32.2. The molecule has 2 aromatic rings. The fourth-order valence-corrected chi connectivity index (χ4v) is 2.20. The number of nitrogens with one attached hydrogen (secondary N) is 2. The minimum Gasteiger partial charge on any atom is -0.431 e. The van der Waals surface area contributed by atoms with Gasteiger partial charge < -0.3 is 15.1 Å². The van der Waals surface area contributed by atoms with Crippen LogP contribution >= 0.6 is 11.8 Å². The molecule has 0 aliphatic heterocycles. The van der Waals surface area contributed by atoms with E-state index in [4.69, 9.17) is 4.42 Å². The SMILES string of the molecule is CC(=O)NCCNC(=O)CSc1nc2ccccc2o1. The molecule has 106 valence electrons. The Balaban J connectivity index is 1.74. The molecule has 0 fully saturated rings. The summed E-state index contributed by atoms with van der Waals surface area (Å²) in [6.07, 6.45) is 0. The number of benzene rings is 1. The number of amides is 2. The zero-order chi connectivity index (χ0) is 14.4.